The number of nitrogens with one attached hydrogen (secondary N) is 1. The van der Waals surface area contributed by atoms with Crippen molar-refractivity contribution in [1.82, 2.24) is 5.32 Å². The smallest absolute Gasteiger partial charge is 0.00231 e. The molecule has 0 aromatic carbocycles. The van der Waals surface area contributed by atoms with Crippen molar-refractivity contribution >= 4 is 0 Å². The highest BCUT2D eigenvalue weighted by Gasteiger charge is 2.04. The number of rotatable bonds is 0. The topological polar surface area (TPSA) is 43.5 Å². The van der Waals surface area contributed by atoms with Crippen LogP contribution in [0.1, 0.15) is 19.8 Å². The van der Waals surface area contributed by atoms with Crippen molar-refractivity contribution in [1.29, 1.82) is 0 Å². The molecule has 0 radical (unpaired) electrons. The minimum atomic E-state index is 0. The Labute approximate surface area is 50.6 Å². The maximum absolute atomic E-state index is 3.33. The third kappa shape index (κ3) is 2.28. The SMILES string of the molecule is CC1CCCNC1.O. The fraction of sp³-hybridized carbons (Fsp3) is 1.00. The summed E-state index contributed by atoms with van der Waals surface area (Å²) in [6.07, 6.45) is 2.80. The molecule has 1 atom stereocenters. The lowest BCUT2D eigenvalue weighted by molar-refractivity contribution is 0.405. The Hall–Kier alpha value is -0.0800. The van der Waals surface area contributed by atoms with Gasteiger partial charge in [0.1, 0.15) is 0 Å². The van der Waals surface area contributed by atoms with Crippen molar-refractivity contribution in [2.24, 2.45) is 5.92 Å². The Morgan fingerprint density at radius 1 is 1.50 bits per heavy atom. The van der Waals surface area contributed by atoms with E-state index in [1.54, 1.807) is 0 Å². The van der Waals surface area contributed by atoms with Gasteiger partial charge in [0.2, 0.25) is 0 Å². The first-order valence-corrected chi connectivity index (χ1v) is 3.10. The van der Waals surface area contributed by atoms with Crippen LogP contribution in [-0.4, -0.2) is 18.6 Å². The van der Waals surface area contributed by atoms with Gasteiger partial charge in [-0.2, -0.15) is 0 Å². The van der Waals surface area contributed by atoms with Crippen molar-refractivity contribution in [3.63, 3.8) is 0 Å². The largest absolute Gasteiger partial charge is 0.412 e. The molecule has 2 heteroatoms. The molecule has 0 aliphatic carbocycles. The van der Waals surface area contributed by atoms with Crippen LogP contribution in [-0.2, 0) is 0 Å². The van der Waals surface area contributed by atoms with Gasteiger partial charge in [-0.05, 0) is 31.8 Å². The summed E-state index contributed by atoms with van der Waals surface area (Å²) in [5.41, 5.74) is 0. The third-order valence-corrected chi connectivity index (χ3v) is 1.54. The second kappa shape index (κ2) is 3.87. The molecule has 0 aromatic rings. The Balaban J connectivity index is 0.000000490. The zero-order valence-corrected chi connectivity index (χ0v) is 5.41. The quantitative estimate of drug-likeness (QED) is 0.483. The standard InChI is InChI=1S/C6H13N.H2O/c1-6-3-2-4-7-5-6;/h6-7H,2-5H2,1H3;1H2. The molecule has 50 valence electrons. The van der Waals surface area contributed by atoms with E-state index in [2.05, 4.69) is 12.2 Å². The van der Waals surface area contributed by atoms with Gasteiger partial charge in [0.15, 0.2) is 0 Å². The van der Waals surface area contributed by atoms with Gasteiger partial charge in [-0.1, -0.05) is 6.92 Å². The number of hydrogen-bond donors (Lipinski definition) is 1. The first-order valence-electron chi connectivity index (χ1n) is 3.10. The van der Waals surface area contributed by atoms with Crippen molar-refractivity contribution in [3.05, 3.63) is 0 Å². The average molecular weight is 117 g/mol. The monoisotopic (exact) mass is 117 g/mol. The average Bonchev–Trinajstić information content (AvgIpc) is 1.69. The van der Waals surface area contributed by atoms with Crippen LogP contribution in [0.5, 0.6) is 0 Å². The summed E-state index contributed by atoms with van der Waals surface area (Å²) in [5, 5.41) is 3.33. The van der Waals surface area contributed by atoms with Gasteiger partial charge < -0.3 is 10.8 Å². The fourth-order valence-electron chi connectivity index (χ4n) is 1.03. The van der Waals surface area contributed by atoms with Crippen molar-refractivity contribution in [3.8, 4) is 0 Å². The van der Waals surface area contributed by atoms with E-state index in [0.29, 0.717) is 0 Å². The van der Waals surface area contributed by atoms with Crippen molar-refractivity contribution < 1.29 is 5.48 Å². The highest BCUT2D eigenvalue weighted by Crippen LogP contribution is 2.06. The molecule has 8 heavy (non-hydrogen) atoms. The normalized spacial score (nSPS) is 28.9. The Kier molecular flexibility index (Phi) is 3.83. The summed E-state index contributed by atoms with van der Waals surface area (Å²) in [6.45, 7) is 4.77. The molecule has 1 rings (SSSR count). The molecule has 1 aliphatic rings. The van der Waals surface area contributed by atoms with Gasteiger partial charge >= 0.3 is 0 Å². The first kappa shape index (κ1) is 7.92. The molecule has 0 spiro atoms. The lowest BCUT2D eigenvalue weighted by atomic mass is 10.0. The lowest BCUT2D eigenvalue weighted by Crippen LogP contribution is -2.27. The molecular formula is C6H15NO. The fourth-order valence-corrected chi connectivity index (χ4v) is 1.03. The highest BCUT2D eigenvalue weighted by atomic mass is 16.0. The van der Waals surface area contributed by atoms with E-state index in [1.807, 2.05) is 0 Å². The summed E-state index contributed by atoms with van der Waals surface area (Å²) in [6, 6.07) is 0. The molecule has 2 nitrogen and oxygen atoms in total. The van der Waals surface area contributed by atoms with Gasteiger partial charge in [0.05, 0.1) is 0 Å². The molecule has 1 heterocycles. The summed E-state index contributed by atoms with van der Waals surface area (Å²) < 4.78 is 0. The van der Waals surface area contributed by atoms with E-state index in [4.69, 9.17) is 0 Å². The molecule has 0 amide bonds. The summed E-state index contributed by atoms with van der Waals surface area (Å²) in [7, 11) is 0. The lowest BCUT2D eigenvalue weighted by Gasteiger charge is -2.17. The maximum Gasteiger partial charge on any atom is -0.00231 e. The Bertz CT molecular complexity index is 50.5. The van der Waals surface area contributed by atoms with E-state index in [9.17, 15) is 0 Å². The third-order valence-electron chi connectivity index (χ3n) is 1.54. The van der Waals surface area contributed by atoms with Crippen LogP contribution in [0.25, 0.3) is 0 Å². The van der Waals surface area contributed by atoms with Gasteiger partial charge in [-0.25, -0.2) is 0 Å². The molecular weight excluding hydrogens is 102 g/mol. The van der Waals surface area contributed by atoms with Crippen LogP contribution in [0.4, 0.5) is 0 Å². The van der Waals surface area contributed by atoms with Crippen LogP contribution >= 0.6 is 0 Å². The van der Waals surface area contributed by atoms with Crippen LogP contribution in [0.3, 0.4) is 0 Å². The van der Waals surface area contributed by atoms with E-state index in [-0.39, 0.29) is 5.48 Å². The predicted octanol–water partition coefficient (Wildman–Crippen LogP) is 0.181. The molecule has 0 aromatic heterocycles. The Morgan fingerprint density at radius 2 is 2.25 bits per heavy atom. The molecule has 0 saturated carbocycles. The van der Waals surface area contributed by atoms with Crippen molar-refractivity contribution in [2.75, 3.05) is 13.1 Å². The van der Waals surface area contributed by atoms with E-state index < -0.39 is 0 Å². The zero-order chi connectivity index (χ0) is 5.11. The Morgan fingerprint density at radius 3 is 2.50 bits per heavy atom. The van der Waals surface area contributed by atoms with Crippen molar-refractivity contribution in [2.45, 2.75) is 19.8 Å². The summed E-state index contributed by atoms with van der Waals surface area (Å²) in [4.78, 5) is 0. The van der Waals surface area contributed by atoms with Gasteiger partial charge in [0.25, 0.3) is 0 Å². The van der Waals surface area contributed by atoms with E-state index in [1.165, 1.54) is 25.9 Å². The first-order chi connectivity index (χ1) is 3.39. The molecule has 3 N–H and O–H groups in total. The second-order valence-electron chi connectivity index (χ2n) is 2.45. The number of hydrogen-bond acceptors (Lipinski definition) is 1. The number of piperidine rings is 1. The van der Waals surface area contributed by atoms with Crippen LogP contribution in [0.15, 0.2) is 0 Å². The maximum atomic E-state index is 3.33. The zero-order valence-electron chi connectivity index (χ0n) is 5.41. The van der Waals surface area contributed by atoms with Gasteiger partial charge in [0, 0.05) is 0 Å². The van der Waals surface area contributed by atoms with E-state index in [0.717, 1.165) is 5.92 Å². The summed E-state index contributed by atoms with van der Waals surface area (Å²) in [5.74, 6) is 0.925. The van der Waals surface area contributed by atoms with E-state index >= 15 is 0 Å². The predicted molar refractivity (Wildman–Crippen MR) is 34.9 cm³/mol. The highest BCUT2D eigenvalue weighted by molar-refractivity contribution is 4.63. The molecule has 1 aliphatic heterocycles. The van der Waals surface area contributed by atoms with Crippen LogP contribution in [0, 0.1) is 5.92 Å². The summed E-state index contributed by atoms with van der Waals surface area (Å²) >= 11 is 0. The van der Waals surface area contributed by atoms with Gasteiger partial charge in [-0.15, -0.1) is 0 Å². The second-order valence-corrected chi connectivity index (χ2v) is 2.45. The molecule has 1 unspecified atom stereocenters. The van der Waals surface area contributed by atoms with Crippen LogP contribution in [0.2, 0.25) is 0 Å². The minimum Gasteiger partial charge on any atom is -0.412 e. The van der Waals surface area contributed by atoms with Gasteiger partial charge in [-0.3, -0.25) is 0 Å². The minimum absolute atomic E-state index is 0. The molecule has 1 fully saturated rings. The molecule has 1 saturated heterocycles. The van der Waals surface area contributed by atoms with Crippen LogP contribution < -0.4 is 5.32 Å². The molecule has 0 bridgehead atoms.